The van der Waals surface area contributed by atoms with E-state index in [9.17, 15) is 4.79 Å². The zero-order valence-electron chi connectivity index (χ0n) is 16.8. The molecule has 30 heavy (non-hydrogen) atoms. The number of pyridine rings is 1. The van der Waals surface area contributed by atoms with Crippen molar-refractivity contribution in [3.63, 3.8) is 0 Å². The summed E-state index contributed by atoms with van der Waals surface area (Å²) < 4.78 is 8.18. The number of aryl methyl sites for hydroxylation is 1. The Morgan fingerprint density at radius 1 is 1.27 bits per heavy atom. The average molecular weight is 462 g/mol. The van der Waals surface area contributed by atoms with Crippen LogP contribution in [0.2, 0.25) is 5.02 Å². The average Bonchev–Trinajstić information content (AvgIpc) is 3.18. The molecule has 1 aromatic carbocycles. The molecule has 8 heteroatoms. The number of nitrogens with zero attached hydrogens (tertiary/aromatic N) is 2. The van der Waals surface area contributed by atoms with Crippen molar-refractivity contribution in [1.82, 2.24) is 14.8 Å². The first kappa shape index (κ1) is 21.5. The first-order valence-corrected chi connectivity index (χ1v) is 11.6. The van der Waals surface area contributed by atoms with Crippen LogP contribution in [0.3, 0.4) is 0 Å². The Morgan fingerprint density at radius 2 is 2.00 bits per heavy atom. The Bertz CT molecular complexity index is 1100. The molecule has 1 fully saturated rings. The number of ether oxygens (including phenoxy) is 1. The largest absolute Gasteiger partial charge is 0.379 e. The predicted molar refractivity (Wildman–Crippen MR) is 125 cm³/mol. The number of carbonyl (C=O) groups excluding carboxylic acids is 1. The van der Waals surface area contributed by atoms with Gasteiger partial charge in [-0.3, -0.25) is 9.69 Å². The number of hydrogen-bond acceptors (Lipinski definition) is 5. The number of rotatable bonds is 6. The quantitative estimate of drug-likeness (QED) is 0.532. The van der Waals surface area contributed by atoms with E-state index in [0.29, 0.717) is 21.6 Å². The summed E-state index contributed by atoms with van der Waals surface area (Å²) in [6.45, 7) is 7.64. The highest BCUT2D eigenvalue weighted by atomic mass is 35.5. The zero-order valence-corrected chi connectivity index (χ0v) is 19.2. The maximum atomic E-state index is 12.9. The van der Waals surface area contributed by atoms with Crippen LogP contribution >= 0.6 is 35.2 Å². The van der Waals surface area contributed by atoms with Crippen molar-refractivity contribution >= 4 is 51.3 Å². The van der Waals surface area contributed by atoms with E-state index in [1.807, 2.05) is 30.5 Å². The smallest absolute Gasteiger partial charge is 0.254 e. The number of fused-ring (bicyclic) bond motifs is 1. The second-order valence-corrected chi connectivity index (χ2v) is 9.25. The number of hydrogen-bond donors (Lipinski definition) is 1. The third-order valence-electron chi connectivity index (χ3n) is 5.23. The van der Waals surface area contributed by atoms with E-state index in [1.54, 1.807) is 11.3 Å². The maximum absolute atomic E-state index is 12.9. The fourth-order valence-corrected chi connectivity index (χ4v) is 5.29. The van der Waals surface area contributed by atoms with Gasteiger partial charge in [-0.05, 0) is 30.7 Å². The van der Waals surface area contributed by atoms with Gasteiger partial charge in [-0.1, -0.05) is 36.0 Å². The summed E-state index contributed by atoms with van der Waals surface area (Å²) >= 11 is 13.4. The monoisotopic (exact) mass is 461 g/mol. The molecule has 3 heterocycles. The fraction of sp³-hybridized carbons (Fsp3) is 0.364. The summed E-state index contributed by atoms with van der Waals surface area (Å²) in [6, 6.07) is 9.60. The van der Waals surface area contributed by atoms with Gasteiger partial charge in [0.15, 0.2) is 0 Å². The highest BCUT2D eigenvalue weighted by Crippen LogP contribution is 2.29. The molecule has 1 amide bonds. The molecule has 0 spiro atoms. The van der Waals surface area contributed by atoms with Crippen LogP contribution in [-0.4, -0.2) is 41.7 Å². The van der Waals surface area contributed by atoms with Crippen molar-refractivity contribution in [3.8, 4) is 0 Å². The molecular weight excluding hydrogens is 438 g/mol. The molecule has 0 saturated carbocycles. The second-order valence-electron chi connectivity index (χ2n) is 7.29. The first-order chi connectivity index (χ1) is 14.5. The second kappa shape index (κ2) is 9.58. The number of thiophene rings is 1. The van der Waals surface area contributed by atoms with E-state index in [2.05, 4.69) is 27.8 Å². The van der Waals surface area contributed by atoms with Gasteiger partial charge in [0.05, 0.1) is 23.3 Å². The van der Waals surface area contributed by atoms with Gasteiger partial charge in [0.1, 0.15) is 4.83 Å². The lowest BCUT2D eigenvalue weighted by Crippen LogP contribution is -2.35. The molecule has 0 unspecified atom stereocenters. The van der Waals surface area contributed by atoms with E-state index in [0.717, 1.165) is 55.2 Å². The summed E-state index contributed by atoms with van der Waals surface area (Å²) in [5.74, 6) is -0.153. The lowest BCUT2D eigenvalue weighted by molar-refractivity contribution is 0.0346. The number of morpholine rings is 1. The summed E-state index contributed by atoms with van der Waals surface area (Å²) in [6.07, 6.45) is 1.89. The van der Waals surface area contributed by atoms with Crippen molar-refractivity contribution in [2.24, 2.45) is 0 Å². The number of amides is 1. The Balaban J connectivity index is 1.58. The van der Waals surface area contributed by atoms with Gasteiger partial charge >= 0.3 is 0 Å². The third-order valence-corrected chi connectivity index (χ3v) is 7.08. The third kappa shape index (κ3) is 4.76. The van der Waals surface area contributed by atoms with Gasteiger partial charge in [0.2, 0.25) is 0 Å². The van der Waals surface area contributed by atoms with Crippen molar-refractivity contribution in [3.05, 3.63) is 62.1 Å². The molecule has 1 aliphatic rings. The number of aromatic nitrogens is 1. The molecule has 0 radical (unpaired) electrons. The minimum Gasteiger partial charge on any atom is -0.379 e. The van der Waals surface area contributed by atoms with Crippen LogP contribution in [0.4, 0.5) is 0 Å². The molecule has 2 aromatic heterocycles. The molecule has 3 aromatic rings. The maximum Gasteiger partial charge on any atom is 0.254 e. The normalized spacial score (nSPS) is 14.9. The van der Waals surface area contributed by atoms with Crippen molar-refractivity contribution < 1.29 is 9.53 Å². The van der Waals surface area contributed by atoms with Crippen LogP contribution in [0.5, 0.6) is 0 Å². The number of benzene rings is 1. The van der Waals surface area contributed by atoms with E-state index in [1.165, 1.54) is 4.88 Å². The number of carbonyl (C=O) groups is 1. The standard InChI is InChI=1S/C22H24ClN3O2S2/c1-2-26-14-19(21(27)24-12-15-3-5-16(23)6-4-15)20(29)18-11-17(30-22(18)26)13-25-7-9-28-10-8-25/h3-6,11,14H,2,7-10,12-13H2,1H3,(H,24,27). The highest BCUT2D eigenvalue weighted by molar-refractivity contribution is 7.71. The number of halogens is 1. The minimum absolute atomic E-state index is 0.153. The summed E-state index contributed by atoms with van der Waals surface area (Å²) in [7, 11) is 0. The highest BCUT2D eigenvalue weighted by Gasteiger charge is 2.17. The minimum atomic E-state index is -0.153. The van der Waals surface area contributed by atoms with E-state index < -0.39 is 0 Å². The van der Waals surface area contributed by atoms with Crippen LogP contribution in [0.25, 0.3) is 10.2 Å². The molecule has 1 N–H and O–H groups in total. The number of nitrogens with one attached hydrogen (secondary N) is 1. The summed E-state index contributed by atoms with van der Waals surface area (Å²) in [4.78, 5) is 17.7. The van der Waals surface area contributed by atoms with Gasteiger partial charge in [0.25, 0.3) is 5.91 Å². The Labute approximate surface area is 190 Å². The molecule has 0 aliphatic carbocycles. The van der Waals surface area contributed by atoms with Gasteiger partial charge in [-0.2, -0.15) is 0 Å². The van der Waals surface area contributed by atoms with E-state index >= 15 is 0 Å². The molecular formula is C22H24ClN3O2S2. The van der Waals surface area contributed by atoms with Crippen LogP contribution in [0, 0.1) is 4.51 Å². The van der Waals surface area contributed by atoms with Crippen LogP contribution in [-0.2, 0) is 24.4 Å². The molecule has 1 saturated heterocycles. The Hall–Kier alpha value is -1.77. The fourth-order valence-electron chi connectivity index (χ4n) is 3.56. The molecule has 4 rings (SSSR count). The van der Waals surface area contributed by atoms with Crippen molar-refractivity contribution in [2.75, 3.05) is 26.3 Å². The molecule has 1 aliphatic heterocycles. The van der Waals surface area contributed by atoms with Crippen molar-refractivity contribution in [2.45, 2.75) is 26.6 Å². The Kier molecular flexibility index (Phi) is 6.85. The van der Waals surface area contributed by atoms with Gasteiger partial charge in [-0.25, -0.2) is 0 Å². The Morgan fingerprint density at radius 3 is 2.70 bits per heavy atom. The predicted octanol–water partition coefficient (Wildman–Crippen LogP) is 4.87. The van der Waals surface area contributed by atoms with Gasteiger partial charge in [-0.15, -0.1) is 11.3 Å². The topological polar surface area (TPSA) is 46.5 Å². The lowest BCUT2D eigenvalue weighted by atomic mass is 10.2. The van der Waals surface area contributed by atoms with Crippen molar-refractivity contribution in [1.29, 1.82) is 0 Å². The molecule has 0 bridgehead atoms. The van der Waals surface area contributed by atoms with Gasteiger partial charge < -0.3 is 14.6 Å². The molecule has 0 atom stereocenters. The van der Waals surface area contributed by atoms with Crippen LogP contribution in [0.1, 0.15) is 27.7 Å². The summed E-state index contributed by atoms with van der Waals surface area (Å²) in [5, 5.41) is 4.65. The molecule has 158 valence electrons. The molecule has 5 nitrogen and oxygen atoms in total. The van der Waals surface area contributed by atoms with Gasteiger partial charge in [0, 0.05) is 54.2 Å². The first-order valence-electron chi connectivity index (χ1n) is 10.0. The van der Waals surface area contributed by atoms with Crippen LogP contribution < -0.4 is 5.32 Å². The van der Waals surface area contributed by atoms with E-state index in [-0.39, 0.29) is 5.91 Å². The zero-order chi connectivity index (χ0) is 21.1. The van der Waals surface area contributed by atoms with Crippen LogP contribution in [0.15, 0.2) is 36.5 Å². The lowest BCUT2D eigenvalue weighted by Gasteiger charge is -2.25. The van der Waals surface area contributed by atoms with E-state index in [4.69, 9.17) is 28.6 Å². The summed E-state index contributed by atoms with van der Waals surface area (Å²) in [5.41, 5.74) is 1.54. The SMILES string of the molecule is CCn1cc(C(=O)NCc2ccc(Cl)cc2)c(=S)c2cc(CN3CCOCC3)sc21.